The number of thiazole rings is 1. The average Bonchev–Trinajstić information content (AvgIpc) is 3.06. The molecule has 0 aliphatic carbocycles. The molecule has 0 N–H and O–H groups in total. The van der Waals surface area contributed by atoms with E-state index in [9.17, 15) is 4.79 Å². The first-order valence-electron chi connectivity index (χ1n) is 7.65. The van der Waals surface area contributed by atoms with Crippen molar-refractivity contribution < 1.29 is 0 Å². The van der Waals surface area contributed by atoms with Crippen LogP contribution >= 0.6 is 23.1 Å². The van der Waals surface area contributed by atoms with Gasteiger partial charge >= 0.3 is 0 Å². The number of hydrogen-bond donors (Lipinski definition) is 0. The first kappa shape index (κ1) is 15.4. The molecule has 24 heavy (non-hydrogen) atoms. The normalized spacial score (nSPS) is 12.5. The molecule has 0 atom stereocenters. The predicted octanol–water partition coefficient (Wildman–Crippen LogP) is 3.80. The maximum atomic E-state index is 12.8. The van der Waals surface area contributed by atoms with Crippen molar-refractivity contribution in [3.8, 4) is 0 Å². The zero-order valence-corrected chi connectivity index (χ0v) is 15.3. The number of imidazole rings is 1. The monoisotopic (exact) mass is 352 g/mol. The Balaban J connectivity index is 1.94. The van der Waals surface area contributed by atoms with Gasteiger partial charge in [0.1, 0.15) is 0 Å². The number of hydrogen-bond acceptors (Lipinski definition) is 4. The van der Waals surface area contributed by atoms with Crippen molar-refractivity contribution in [2.24, 2.45) is 0 Å². The van der Waals surface area contributed by atoms with Gasteiger partial charge in [-0.15, -0.1) is 11.8 Å². The van der Waals surface area contributed by atoms with Gasteiger partial charge in [-0.3, -0.25) is 4.79 Å². The third-order valence-electron chi connectivity index (χ3n) is 4.27. The summed E-state index contributed by atoms with van der Waals surface area (Å²) in [6.45, 7) is 4.13. The molecule has 5 heteroatoms. The number of rotatable bonds is 2. The molecular weight excluding hydrogens is 336 g/mol. The van der Waals surface area contributed by atoms with Crippen LogP contribution in [0, 0.1) is 13.8 Å². The summed E-state index contributed by atoms with van der Waals surface area (Å²) in [6.07, 6.45) is 4.00. The summed E-state index contributed by atoms with van der Waals surface area (Å²) in [5.41, 5.74) is 5.19. The molecule has 0 aliphatic heterocycles. The van der Waals surface area contributed by atoms with Crippen LogP contribution in [0.4, 0.5) is 0 Å². The maximum absolute atomic E-state index is 12.8. The molecule has 0 spiro atoms. The topological polar surface area (TPSA) is 34.4 Å². The van der Waals surface area contributed by atoms with Gasteiger partial charge in [-0.05, 0) is 67.1 Å². The molecule has 0 saturated carbocycles. The Morgan fingerprint density at radius 3 is 2.54 bits per heavy atom. The molecule has 2 heterocycles. The van der Waals surface area contributed by atoms with Crippen LogP contribution < -0.4 is 10.1 Å². The zero-order valence-electron chi connectivity index (χ0n) is 13.7. The van der Waals surface area contributed by atoms with Gasteiger partial charge in [0.05, 0.1) is 15.6 Å². The fourth-order valence-electron chi connectivity index (χ4n) is 2.77. The molecule has 4 rings (SSSR count). The molecule has 0 radical (unpaired) electrons. The Hall–Kier alpha value is -2.11. The Morgan fingerprint density at radius 2 is 1.83 bits per heavy atom. The van der Waals surface area contributed by atoms with Gasteiger partial charge in [0.2, 0.25) is 0 Å². The van der Waals surface area contributed by atoms with Gasteiger partial charge in [-0.1, -0.05) is 23.5 Å². The Morgan fingerprint density at radius 1 is 1.12 bits per heavy atom. The molecule has 0 aliphatic rings. The fraction of sp³-hybridized carbons (Fsp3) is 0.158. The molecule has 0 saturated heterocycles. The Kier molecular flexibility index (Phi) is 3.70. The highest BCUT2D eigenvalue weighted by Crippen LogP contribution is 2.21. The van der Waals surface area contributed by atoms with Crippen LogP contribution in [0.3, 0.4) is 0 Å². The number of thioether (sulfide) groups is 1. The highest BCUT2D eigenvalue weighted by molar-refractivity contribution is 7.98. The van der Waals surface area contributed by atoms with Gasteiger partial charge in [0.15, 0.2) is 4.96 Å². The highest BCUT2D eigenvalue weighted by Gasteiger charge is 2.12. The van der Waals surface area contributed by atoms with Crippen LogP contribution in [-0.4, -0.2) is 15.6 Å². The SMILES string of the molecule is CSc1ccc(/C=c2\sc3nc4cc(C)c(C)cc4n3c2=O)cc1. The van der Waals surface area contributed by atoms with E-state index in [1.807, 2.05) is 24.3 Å². The molecule has 120 valence electrons. The summed E-state index contributed by atoms with van der Waals surface area (Å²) in [4.78, 5) is 19.4. The van der Waals surface area contributed by atoms with E-state index in [0.29, 0.717) is 0 Å². The van der Waals surface area contributed by atoms with Crippen LogP contribution in [0.25, 0.3) is 22.1 Å². The van der Waals surface area contributed by atoms with Gasteiger partial charge < -0.3 is 0 Å². The number of aromatic nitrogens is 2. The molecule has 2 aromatic carbocycles. The minimum atomic E-state index is 0.00898. The van der Waals surface area contributed by atoms with Crippen LogP contribution in [0.5, 0.6) is 0 Å². The number of aryl methyl sites for hydroxylation is 2. The second kappa shape index (κ2) is 5.76. The van der Waals surface area contributed by atoms with Crippen LogP contribution in [0.1, 0.15) is 16.7 Å². The van der Waals surface area contributed by atoms with Gasteiger partial charge in [0.25, 0.3) is 5.56 Å². The van der Waals surface area contributed by atoms with Crippen molar-refractivity contribution in [3.05, 3.63) is 68.0 Å². The van der Waals surface area contributed by atoms with E-state index < -0.39 is 0 Å². The van der Waals surface area contributed by atoms with Gasteiger partial charge in [0, 0.05) is 4.90 Å². The summed E-state index contributed by atoms with van der Waals surface area (Å²) in [6, 6.07) is 12.3. The lowest BCUT2D eigenvalue weighted by atomic mass is 10.1. The summed E-state index contributed by atoms with van der Waals surface area (Å²) in [5, 5.41) is 0. The molecule has 0 unspecified atom stereocenters. The first-order chi connectivity index (χ1) is 11.6. The van der Waals surface area contributed by atoms with E-state index >= 15 is 0 Å². The standard InChI is InChI=1S/C19H16N2OS2/c1-11-8-15-16(9-12(11)2)21-18(22)17(24-19(21)20-15)10-13-4-6-14(23-3)7-5-13/h4-10H,1-3H3/b17-10-. The van der Waals surface area contributed by atoms with Crippen molar-refractivity contribution in [2.45, 2.75) is 18.7 Å². The van der Waals surface area contributed by atoms with Crippen molar-refractivity contribution in [1.29, 1.82) is 0 Å². The van der Waals surface area contributed by atoms with Crippen molar-refractivity contribution in [1.82, 2.24) is 9.38 Å². The predicted molar refractivity (Wildman–Crippen MR) is 103 cm³/mol. The number of benzene rings is 2. The second-order valence-corrected chi connectivity index (χ2v) is 7.73. The fourth-order valence-corrected chi connectivity index (χ4v) is 4.17. The third kappa shape index (κ3) is 2.44. The minimum Gasteiger partial charge on any atom is -0.267 e. The zero-order chi connectivity index (χ0) is 16.8. The number of fused-ring (bicyclic) bond motifs is 3. The quantitative estimate of drug-likeness (QED) is 0.515. The summed E-state index contributed by atoms with van der Waals surface area (Å²) in [7, 11) is 0. The average molecular weight is 352 g/mol. The smallest absolute Gasteiger partial charge is 0.267 e. The molecule has 2 aromatic heterocycles. The highest BCUT2D eigenvalue weighted by atomic mass is 32.2. The van der Waals surface area contributed by atoms with Crippen molar-refractivity contribution >= 4 is 45.2 Å². The van der Waals surface area contributed by atoms with Crippen LogP contribution in [0.15, 0.2) is 46.1 Å². The number of nitrogens with zero attached hydrogens (tertiary/aromatic N) is 2. The van der Waals surface area contributed by atoms with Gasteiger partial charge in [-0.2, -0.15) is 0 Å². The van der Waals surface area contributed by atoms with E-state index in [1.165, 1.54) is 27.4 Å². The van der Waals surface area contributed by atoms with E-state index in [0.717, 1.165) is 26.1 Å². The van der Waals surface area contributed by atoms with Crippen LogP contribution in [-0.2, 0) is 0 Å². The maximum Gasteiger partial charge on any atom is 0.274 e. The Bertz CT molecular complexity index is 1170. The van der Waals surface area contributed by atoms with Crippen molar-refractivity contribution in [2.75, 3.05) is 6.26 Å². The molecule has 0 bridgehead atoms. The summed E-state index contributed by atoms with van der Waals surface area (Å²) >= 11 is 3.15. The first-order valence-corrected chi connectivity index (χ1v) is 9.69. The third-order valence-corrected chi connectivity index (χ3v) is 5.98. The van der Waals surface area contributed by atoms with E-state index in [-0.39, 0.29) is 5.56 Å². The Labute approximate surface area is 147 Å². The largest absolute Gasteiger partial charge is 0.274 e. The minimum absolute atomic E-state index is 0.00898. The van der Waals surface area contributed by atoms with Crippen molar-refractivity contribution in [3.63, 3.8) is 0 Å². The second-order valence-electron chi connectivity index (χ2n) is 5.84. The molecule has 3 nitrogen and oxygen atoms in total. The van der Waals surface area contributed by atoms with Crippen LogP contribution in [0.2, 0.25) is 0 Å². The lowest BCUT2D eigenvalue weighted by molar-refractivity contribution is 1.18. The molecule has 4 aromatic rings. The van der Waals surface area contributed by atoms with E-state index in [2.05, 4.69) is 43.3 Å². The van der Waals surface area contributed by atoms with Gasteiger partial charge in [-0.25, -0.2) is 9.38 Å². The summed E-state index contributed by atoms with van der Waals surface area (Å²) in [5.74, 6) is 0. The molecule has 0 amide bonds. The lowest BCUT2D eigenvalue weighted by Crippen LogP contribution is -2.22. The lowest BCUT2D eigenvalue weighted by Gasteiger charge is -1.98. The van der Waals surface area contributed by atoms with E-state index in [1.54, 1.807) is 16.2 Å². The van der Waals surface area contributed by atoms with E-state index in [4.69, 9.17) is 0 Å². The summed E-state index contributed by atoms with van der Waals surface area (Å²) < 4.78 is 2.45. The molecular formula is C19H16N2OS2. The molecule has 0 fully saturated rings.